The third-order valence-corrected chi connectivity index (χ3v) is 9.35. The van der Waals surface area contributed by atoms with E-state index in [0.717, 1.165) is 34.2 Å². The molecular formula is C25H29N3O5S2. The predicted octanol–water partition coefficient (Wildman–Crippen LogP) is 3.76. The number of thiazole rings is 1. The number of aryl methyl sites for hydroxylation is 2. The number of carbonyl (C=O) groups excluding carboxylic acids is 1. The minimum Gasteiger partial charge on any atom is -0.379 e. The van der Waals surface area contributed by atoms with Gasteiger partial charge in [0.15, 0.2) is 5.13 Å². The molecule has 0 spiro atoms. The zero-order valence-corrected chi connectivity index (χ0v) is 21.5. The molecule has 3 heterocycles. The summed E-state index contributed by atoms with van der Waals surface area (Å²) in [5, 5.41) is 0.624. The number of morpholine rings is 1. The van der Waals surface area contributed by atoms with E-state index in [2.05, 4.69) is 12.1 Å². The molecule has 1 unspecified atom stereocenters. The van der Waals surface area contributed by atoms with Crippen LogP contribution in [-0.4, -0.2) is 69.2 Å². The van der Waals surface area contributed by atoms with Crippen LogP contribution in [0.15, 0.2) is 41.3 Å². The van der Waals surface area contributed by atoms with Gasteiger partial charge in [0.05, 0.1) is 41.0 Å². The largest absolute Gasteiger partial charge is 0.379 e. The normalized spacial score (nSPS) is 19.3. The number of hydrogen-bond acceptors (Lipinski definition) is 7. The molecule has 186 valence electrons. The highest BCUT2D eigenvalue weighted by Crippen LogP contribution is 2.33. The lowest BCUT2D eigenvalue weighted by Gasteiger charge is -2.26. The Kier molecular flexibility index (Phi) is 6.91. The van der Waals surface area contributed by atoms with Crippen LogP contribution in [0.2, 0.25) is 0 Å². The summed E-state index contributed by atoms with van der Waals surface area (Å²) in [4.78, 5) is 20.4. The van der Waals surface area contributed by atoms with Gasteiger partial charge in [-0.2, -0.15) is 4.31 Å². The molecule has 0 radical (unpaired) electrons. The maximum atomic E-state index is 13.7. The number of rotatable bonds is 6. The molecule has 2 aromatic carbocycles. The van der Waals surface area contributed by atoms with E-state index in [4.69, 9.17) is 14.5 Å². The Bertz CT molecular complexity index is 1330. The van der Waals surface area contributed by atoms with Crippen molar-refractivity contribution in [3.8, 4) is 0 Å². The summed E-state index contributed by atoms with van der Waals surface area (Å²) >= 11 is 1.49. The zero-order chi connectivity index (χ0) is 24.6. The number of anilines is 1. The second-order valence-corrected chi connectivity index (χ2v) is 12.0. The van der Waals surface area contributed by atoms with Gasteiger partial charge in [0.25, 0.3) is 5.91 Å². The molecule has 0 bridgehead atoms. The van der Waals surface area contributed by atoms with Gasteiger partial charge in [-0.05, 0) is 68.1 Å². The number of hydrogen-bond donors (Lipinski definition) is 0. The van der Waals surface area contributed by atoms with E-state index in [1.165, 1.54) is 27.8 Å². The third kappa shape index (κ3) is 4.99. The molecule has 2 aliphatic rings. The van der Waals surface area contributed by atoms with Crippen LogP contribution in [0, 0.1) is 13.8 Å². The Morgan fingerprint density at radius 1 is 1.14 bits per heavy atom. The van der Waals surface area contributed by atoms with Crippen LogP contribution in [-0.2, 0) is 19.5 Å². The van der Waals surface area contributed by atoms with Crippen LogP contribution in [0.5, 0.6) is 0 Å². The van der Waals surface area contributed by atoms with Gasteiger partial charge in [-0.1, -0.05) is 17.4 Å². The molecule has 1 aromatic heterocycles. The first-order chi connectivity index (χ1) is 16.8. The van der Waals surface area contributed by atoms with E-state index in [-0.39, 0.29) is 16.9 Å². The van der Waals surface area contributed by atoms with Gasteiger partial charge in [-0.3, -0.25) is 9.69 Å². The van der Waals surface area contributed by atoms with Crippen molar-refractivity contribution in [2.45, 2.75) is 37.7 Å². The SMILES string of the molecule is Cc1cc(C)c2nc(N(CC3CCCO3)C(=O)c3ccc(S(=O)(=O)N4CCOCC4)cc3)sc2c1. The fourth-order valence-corrected chi connectivity index (χ4v) is 7.13. The fraction of sp³-hybridized carbons (Fsp3) is 0.440. The first-order valence-electron chi connectivity index (χ1n) is 11.8. The van der Waals surface area contributed by atoms with E-state index >= 15 is 0 Å². The van der Waals surface area contributed by atoms with Gasteiger partial charge in [0.1, 0.15) is 0 Å². The lowest BCUT2D eigenvalue weighted by molar-refractivity contribution is 0.0730. The van der Waals surface area contributed by atoms with Crippen molar-refractivity contribution in [2.75, 3.05) is 44.4 Å². The summed E-state index contributed by atoms with van der Waals surface area (Å²) in [6, 6.07) is 10.4. The quantitative estimate of drug-likeness (QED) is 0.497. The number of nitrogens with zero attached hydrogens (tertiary/aromatic N) is 3. The van der Waals surface area contributed by atoms with Crippen molar-refractivity contribution < 1.29 is 22.7 Å². The summed E-state index contributed by atoms with van der Waals surface area (Å²) in [6.07, 6.45) is 1.82. The smallest absolute Gasteiger partial charge is 0.260 e. The Labute approximate surface area is 209 Å². The number of aromatic nitrogens is 1. The molecule has 8 nitrogen and oxygen atoms in total. The zero-order valence-electron chi connectivity index (χ0n) is 19.9. The molecule has 1 amide bonds. The topological polar surface area (TPSA) is 89.0 Å². The summed E-state index contributed by atoms with van der Waals surface area (Å²) in [6.45, 7) is 6.60. The Morgan fingerprint density at radius 2 is 1.89 bits per heavy atom. The van der Waals surface area contributed by atoms with E-state index in [1.54, 1.807) is 17.0 Å². The highest BCUT2D eigenvalue weighted by atomic mass is 32.2. The van der Waals surface area contributed by atoms with E-state index in [1.807, 2.05) is 13.8 Å². The summed E-state index contributed by atoms with van der Waals surface area (Å²) in [5.41, 5.74) is 3.53. The lowest BCUT2D eigenvalue weighted by atomic mass is 10.1. The van der Waals surface area contributed by atoms with Crippen LogP contribution in [0.4, 0.5) is 5.13 Å². The fourth-order valence-electron chi connectivity index (χ4n) is 4.58. The number of ether oxygens (including phenoxy) is 2. The van der Waals surface area contributed by atoms with Gasteiger partial charge < -0.3 is 9.47 Å². The second kappa shape index (κ2) is 9.94. The average molecular weight is 516 g/mol. The van der Waals surface area contributed by atoms with Crippen LogP contribution in [0.1, 0.15) is 34.3 Å². The predicted molar refractivity (Wildman–Crippen MR) is 136 cm³/mol. The summed E-state index contributed by atoms with van der Waals surface area (Å²) < 4.78 is 39.5. The summed E-state index contributed by atoms with van der Waals surface area (Å²) in [5.74, 6) is -0.218. The standard InChI is InChI=1S/C25H29N3O5S2/c1-17-14-18(2)23-22(15-17)34-25(26-23)28(16-20-4-3-11-33-20)24(29)19-5-7-21(8-6-19)35(30,31)27-9-12-32-13-10-27/h5-8,14-15,20H,3-4,9-13,16H2,1-2H3. The van der Waals surface area contributed by atoms with Crippen LogP contribution >= 0.6 is 11.3 Å². The molecule has 0 aliphatic carbocycles. The Hall–Kier alpha value is -2.37. The Morgan fingerprint density at radius 3 is 2.57 bits per heavy atom. The van der Waals surface area contributed by atoms with E-state index < -0.39 is 10.0 Å². The van der Waals surface area contributed by atoms with Crippen molar-refractivity contribution >= 4 is 42.6 Å². The molecule has 0 saturated carbocycles. The van der Waals surface area contributed by atoms with Crippen LogP contribution in [0.25, 0.3) is 10.2 Å². The van der Waals surface area contributed by atoms with Crippen molar-refractivity contribution in [1.29, 1.82) is 0 Å². The number of fused-ring (bicyclic) bond motifs is 1. The van der Waals surface area contributed by atoms with Crippen molar-refractivity contribution in [2.24, 2.45) is 0 Å². The Balaban J connectivity index is 1.45. The molecule has 2 fully saturated rings. The van der Waals surface area contributed by atoms with E-state index in [0.29, 0.717) is 50.1 Å². The minimum atomic E-state index is -3.62. The van der Waals surface area contributed by atoms with Gasteiger partial charge in [-0.15, -0.1) is 0 Å². The molecule has 0 N–H and O–H groups in total. The number of amides is 1. The third-order valence-electron chi connectivity index (χ3n) is 6.41. The maximum absolute atomic E-state index is 13.7. The van der Waals surface area contributed by atoms with Crippen molar-refractivity contribution in [3.63, 3.8) is 0 Å². The van der Waals surface area contributed by atoms with Crippen LogP contribution in [0.3, 0.4) is 0 Å². The maximum Gasteiger partial charge on any atom is 0.260 e. The number of sulfonamides is 1. The first-order valence-corrected chi connectivity index (χ1v) is 14.1. The van der Waals surface area contributed by atoms with Gasteiger partial charge in [0, 0.05) is 25.3 Å². The molecule has 35 heavy (non-hydrogen) atoms. The van der Waals surface area contributed by atoms with Crippen molar-refractivity contribution in [1.82, 2.24) is 9.29 Å². The average Bonchev–Trinajstić information content (AvgIpc) is 3.53. The number of benzene rings is 2. The number of carbonyl (C=O) groups is 1. The molecule has 5 rings (SSSR count). The minimum absolute atomic E-state index is 0.0465. The first kappa shape index (κ1) is 24.3. The van der Waals surface area contributed by atoms with Crippen LogP contribution < -0.4 is 4.90 Å². The van der Waals surface area contributed by atoms with Gasteiger partial charge in [-0.25, -0.2) is 13.4 Å². The monoisotopic (exact) mass is 515 g/mol. The molecule has 1 atom stereocenters. The van der Waals surface area contributed by atoms with Gasteiger partial charge in [0.2, 0.25) is 10.0 Å². The lowest BCUT2D eigenvalue weighted by Crippen LogP contribution is -2.40. The summed E-state index contributed by atoms with van der Waals surface area (Å²) in [7, 11) is -3.62. The highest BCUT2D eigenvalue weighted by Gasteiger charge is 2.29. The molecule has 2 aliphatic heterocycles. The van der Waals surface area contributed by atoms with Crippen molar-refractivity contribution in [3.05, 3.63) is 53.1 Å². The highest BCUT2D eigenvalue weighted by molar-refractivity contribution is 7.89. The molecular weight excluding hydrogens is 486 g/mol. The van der Waals surface area contributed by atoms with Gasteiger partial charge >= 0.3 is 0 Å². The molecule has 3 aromatic rings. The second-order valence-electron chi connectivity index (χ2n) is 9.02. The molecule has 2 saturated heterocycles. The van der Waals surface area contributed by atoms with E-state index in [9.17, 15) is 13.2 Å². The molecule has 10 heteroatoms.